The van der Waals surface area contributed by atoms with Crippen molar-refractivity contribution in [1.82, 2.24) is 4.98 Å². The zero-order chi connectivity index (χ0) is 12.1. The van der Waals surface area contributed by atoms with Crippen LogP contribution in [0.5, 0.6) is 0 Å². The van der Waals surface area contributed by atoms with Crippen LogP contribution in [-0.4, -0.2) is 11.5 Å². The fourth-order valence-electron chi connectivity index (χ4n) is 1.93. The molecule has 1 aromatic heterocycles. The summed E-state index contributed by atoms with van der Waals surface area (Å²) in [6.07, 6.45) is 1.60. The second-order valence-corrected chi connectivity index (χ2v) is 4.88. The number of rotatable bonds is 6. The molecule has 0 bridgehead atoms. The summed E-state index contributed by atoms with van der Waals surface area (Å²) >= 11 is 0. The lowest BCUT2D eigenvalue weighted by Crippen LogP contribution is -2.24. The Labute approximate surface area is 97.6 Å². The number of hydrogen-bond acceptors (Lipinski definition) is 4. The van der Waals surface area contributed by atoms with E-state index in [1.807, 2.05) is 0 Å². The van der Waals surface area contributed by atoms with Crippen molar-refractivity contribution in [2.45, 2.75) is 34.2 Å². The van der Waals surface area contributed by atoms with Crippen LogP contribution < -0.4 is 11.1 Å². The van der Waals surface area contributed by atoms with Gasteiger partial charge in [0.25, 0.3) is 6.01 Å². The standard InChI is InChI=1S/C12H23N3O/c1-8(2)11(9(3)4)6-14-12-15-10(5-13)7-16-12/h7-9,11H,5-6,13H2,1-4H3,(H,14,15). The molecule has 0 fully saturated rings. The molecule has 0 saturated heterocycles. The van der Waals surface area contributed by atoms with Crippen molar-refractivity contribution in [3.63, 3.8) is 0 Å². The highest BCUT2D eigenvalue weighted by Crippen LogP contribution is 2.21. The Balaban J connectivity index is 2.48. The molecule has 0 saturated carbocycles. The highest BCUT2D eigenvalue weighted by Gasteiger charge is 2.17. The van der Waals surface area contributed by atoms with Crippen molar-refractivity contribution in [1.29, 1.82) is 0 Å². The Morgan fingerprint density at radius 1 is 1.31 bits per heavy atom. The molecule has 4 heteroatoms. The van der Waals surface area contributed by atoms with E-state index in [1.54, 1.807) is 6.26 Å². The van der Waals surface area contributed by atoms with Crippen LogP contribution in [-0.2, 0) is 6.54 Å². The fraction of sp³-hybridized carbons (Fsp3) is 0.750. The topological polar surface area (TPSA) is 64.1 Å². The van der Waals surface area contributed by atoms with Gasteiger partial charge in [0.15, 0.2) is 0 Å². The van der Waals surface area contributed by atoms with Crippen LogP contribution in [0.2, 0.25) is 0 Å². The lowest BCUT2D eigenvalue weighted by molar-refractivity contribution is 0.302. The Morgan fingerprint density at radius 2 is 1.94 bits per heavy atom. The second kappa shape index (κ2) is 5.89. The zero-order valence-electron chi connectivity index (χ0n) is 10.7. The number of hydrogen-bond donors (Lipinski definition) is 2. The third kappa shape index (κ3) is 3.52. The normalized spacial score (nSPS) is 11.8. The number of nitrogens with one attached hydrogen (secondary N) is 1. The van der Waals surface area contributed by atoms with E-state index >= 15 is 0 Å². The van der Waals surface area contributed by atoms with Crippen LogP contribution in [0.1, 0.15) is 33.4 Å². The molecule has 1 rings (SSSR count). The molecule has 0 amide bonds. The maximum absolute atomic E-state index is 5.47. The number of nitrogens with zero attached hydrogens (tertiary/aromatic N) is 1. The van der Waals surface area contributed by atoms with E-state index in [2.05, 4.69) is 38.0 Å². The van der Waals surface area contributed by atoms with E-state index in [-0.39, 0.29) is 0 Å². The van der Waals surface area contributed by atoms with Gasteiger partial charge in [-0.05, 0) is 17.8 Å². The lowest BCUT2D eigenvalue weighted by atomic mass is 9.85. The summed E-state index contributed by atoms with van der Waals surface area (Å²) in [5.41, 5.74) is 6.25. The minimum absolute atomic E-state index is 0.420. The van der Waals surface area contributed by atoms with Gasteiger partial charge in [-0.25, -0.2) is 0 Å². The van der Waals surface area contributed by atoms with Crippen LogP contribution in [0.4, 0.5) is 6.01 Å². The first-order valence-corrected chi connectivity index (χ1v) is 5.93. The summed E-state index contributed by atoms with van der Waals surface area (Å²) in [4.78, 5) is 4.22. The third-order valence-corrected chi connectivity index (χ3v) is 2.96. The molecule has 1 aromatic rings. The molecule has 0 aromatic carbocycles. The maximum Gasteiger partial charge on any atom is 0.294 e. The molecule has 0 unspecified atom stereocenters. The molecule has 1 heterocycles. The van der Waals surface area contributed by atoms with Gasteiger partial charge < -0.3 is 15.5 Å². The molecule has 0 aliphatic carbocycles. The van der Waals surface area contributed by atoms with Gasteiger partial charge in [-0.2, -0.15) is 4.98 Å². The maximum atomic E-state index is 5.47. The van der Waals surface area contributed by atoms with Gasteiger partial charge in [-0.3, -0.25) is 0 Å². The Hall–Kier alpha value is -1.03. The van der Waals surface area contributed by atoms with Crippen LogP contribution in [0.3, 0.4) is 0 Å². The van der Waals surface area contributed by atoms with Gasteiger partial charge in [-0.15, -0.1) is 0 Å². The second-order valence-electron chi connectivity index (χ2n) is 4.88. The number of nitrogens with two attached hydrogens (primary N) is 1. The summed E-state index contributed by atoms with van der Waals surface area (Å²) in [6, 6.07) is 0.576. The van der Waals surface area contributed by atoms with Crippen molar-refractivity contribution in [2.24, 2.45) is 23.5 Å². The molecule has 0 aliphatic heterocycles. The smallest absolute Gasteiger partial charge is 0.294 e. The summed E-state index contributed by atoms with van der Waals surface area (Å²) in [5.74, 6) is 1.92. The van der Waals surface area contributed by atoms with Crippen molar-refractivity contribution >= 4 is 6.01 Å². The van der Waals surface area contributed by atoms with Crippen molar-refractivity contribution in [3.8, 4) is 0 Å². The molecule has 4 nitrogen and oxygen atoms in total. The quantitative estimate of drug-likeness (QED) is 0.780. The monoisotopic (exact) mass is 225 g/mol. The van der Waals surface area contributed by atoms with Gasteiger partial charge in [0.2, 0.25) is 0 Å². The molecular weight excluding hydrogens is 202 g/mol. The van der Waals surface area contributed by atoms with E-state index in [0.29, 0.717) is 30.3 Å². The largest absolute Gasteiger partial charge is 0.432 e. The number of anilines is 1. The lowest BCUT2D eigenvalue weighted by Gasteiger charge is -2.24. The molecule has 0 atom stereocenters. The Morgan fingerprint density at radius 3 is 2.38 bits per heavy atom. The molecule has 3 N–H and O–H groups in total. The highest BCUT2D eigenvalue weighted by atomic mass is 16.4. The molecule has 0 aliphatic rings. The first-order valence-electron chi connectivity index (χ1n) is 5.93. The van der Waals surface area contributed by atoms with Crippen molar-refractivity contribution in [3.05, 3.63) is 12.0 Å². The van der Waals surface area contributed by atoms with Crippen LogP contribution in [0.15, 0.2) is 10.7 Å². The summed E-state index contributed by atoms with van der Waals surface area (Å²) < 4.78 is 5.26. The summed E-state index contributed by atoms with van der Waals surface area (Å²) in [7, 11) is 0. The average Bonchev–Trinajstić information content (AvgIpc) is 2.65. The van der Waals surface area contributed by atoms with E-state index in [9.17, 15) is 0 Å². The van der Waals surface area contributed by atoms with Gasteiger partial charge in [-0.1, -0.05) is 27.7 Å². The van der Waals surface area contributed by atoms with Crippen LogP contribution in [0, 0.1) is 17.8 Å². The Bertz CT molecular complexity index is 299. The predicted molar refractivity (Wildman–Crippen MR) is 66.1 cm³/mol. The minimum atomic E-state index is 0.420. The molecule has 92 valence electrons. The van der Waals surface area contributed by atoms with Gasteiger partial charge >= 0.3 is 0 Å². The van der Waals surface area contributed by atoms with Crippen molar-refractivity contribution in [2.75, 3.05) is 11.9 Å². The van der Waals surface area contributed by atoms with E-state index in [4.69, 9.17) is 10.2 Å². The van der Waals surface area contributed by atoms with E-state index in [0.717, 1.165) is 12.2 Å². The predicted octanol–water partition coefficient (Wildman–Crippen LogP) is 2.47. The number of aromatic nitrogens is 1. The van der Waals surface area contributed by atoms with Gasteiger partial charge in [0.05, 0.1) is 5.69 Å². The molecular formula is C12H23N3O. The number of oxazole rings is 1. The molecule has 0 radical (unpaired) electrons. The van der Waals surface area contributed by atoms with Crippen molar-refractivity contribution < 1.29 is 4.42 Å². The molecule has 16 heavy (non-hydrogen) atoms. The van der Waals surface area contributed by atoms with E-state index in [1.165, 1.54) is 0 Å². The first kappa shape index (κ1) is 13.0. The van der Waals surface area contributed by atoms with Crippen LogP contribution >= 0.6 is 0 Å². The van der Waals surface area contributed by atoms with E-state index < -0.39 is 0 Å². The summed E-state index contributed by atoms with van der Waals surface area (Å²) in [6.45, 7) is 10.3. The summed E-state index contributed by atoms with van der Waals surface area (Å²) in [5, 5.41) is 3.23. The van der Waals surface area contributed by atoms with Gasteiger partial charge in [0, 0.05) is 13.1 Å². The zero-order valence-corrected chi connectivity index (χ0v) is 10.7. The first-order chi connectivity index (χ1) is 7.54. The third-order valence-electron chi connectivity index (χ3n) is 2.96. The highest BCUT2D eigenvalue weighted by molar-refractivity contribution is 5.21. The van der Waals surface area contributed by atoms with Gasteiger partial charge in [0.1, 0.15) is 6.26 Å². The minimum Gasteiger partial charge on any atom is -0.432 e. The SMILES string of the molecule is CC(C)C(CNc1nc(CN)co1)C(C)C. The molecule has 0 spiro atoms. The fourth-order valence-corrected chi connectivity index (χ4v) is 1.93. The van der Waals surface area contributed by atoms with Crippen LogP contribution in [0.25, 0.3) is 0 Å². The average molecular weight is 225 g/mol. The Kier molecular flexibility index (Phi) is 4.80.